The molecule has 1 fully saturated rings. The number of benzene rings is 1. The number of amides is 3. The third-order valence-corrected chi connectivity index (χ3v) is 6.50. The quantitative estimate of drug-likeness (QED) is 0.586. The van der Waals surface area contributed by atoms with E-state index >= 15 is 0 Å². The van der Waals surface area contributed by atoms with Crippen LogP contribution in [0.5, 0.6) is 0 Å². The predicted molar refractivity (Wildman–Crippen MR) is 128 cm³/mol. The first-order valence-electron chi connectivity index (χ1n) is 11.2. The van der Waals surface area contributed by atoms with Gasteiger partial charge in [0, 0.05) is 30.0 Å². The molecule has 1 aromatic heterocycles. The Balaban J connectivity index is 1.64. The van der Waals surface area contributed by atoms with Gasteiger partial charge in [-0.3, -0.25) is 14.4 Å². The maximum atomic E-state index is 13.0. The highest BCUT2D eigenvalue weighted by Crippen LogP contribution is 2.22. The molecule has 0 unspecified atom stereocenters. The molecular weight excluding hydrogens is 424 g/mol. The van der Waals surface area contributed by atoms with Gasteiger partial charge in [0.2, 0.25) is 17.7 Å². The van der Waals surface area contributed by atoms with E-state index in [1.54, 1.807) is 0 Å². The average Bonchev–Trinajstić information content (AvgIpc) is 3.42. The Labute approximate surface area is 193 Å². The lowest BCUT2D eigenvalue weighted by molar-refractivity contribution is -0.125. The second kappa shape index (κ2) is 11.2. The van der Waals surface area contributed by atoms with E-state index in [0.29, 0.717) is 16.7 Å². The average molecular weight is 457 g/mol. The van der Waals surface area contributed by atoms with E-state index in [0.717, 1.165) is 36.9 Å². The maximum absolute atomic E-state index is 13.0. The number of hydrogen-bond acceptors (Lipinski definition) is 5. The highest BCUT2D eigenvalue weighted by Gasteiger charge is 2.23. The molecule has 3 rings (SSSR count). The Kier molecular flexibility index (Phi) is 8.39. The number of carbonyl (C=O) groups is 3. The van der Waals surface area contributed by atoms with Crippen LogP contribution in [0.1, 0.15) is 69.5 Å². The van der Waals surface area contributed by atoms with Crippen molar-refractivity contribution in [2.45, 2.75) is 71.3 Å². The standard InChI is InChI=1S/C24H32N4O3S/c1-16(2)18-8-10-20(11-9-18)28(14-22(30)26-19-6-4-5-7-19)23(31)13-12-21(29)27-24-25-17(3)15-32-24/h8-11,15-16,19H,4-7,12-14H2,1-3H3,(H,26,30)(H,25,27,29). The van der Waals surface area contributed by atoms with Crippen molar-refractivity contribution < 1.29 is 14.4 Å². The molecule has 0 spiro atoms. The lowest BCUT2D eigenvalue weighted by Gasteiger charge is -2.24. The lowest BCUT2D eigenvalue weighted by Crippen LogP contribution is -2.43. The van der Waals surface area contributed by atoms with Gasteiger partial charge >= 0.3 is 0 Å². The van der Waals surface area contributed by atoms with Crippen molar-refractivity contribution in [3.63, 3.8) is 0 Å². The van der Waals surface area contributed by atoms with Crippen LogP contribution in [0.4, 0.5) is 10.8 Å². The Bertz CT molecular complexity index is 933. The molecule has 172 valence electrons. The number of thiazole rings is 1. The topological polar surface area (TPSA) is 91.4 Å². The van der Waals surface area contributed by atoms with Gasteiger partial charge in [-0.1, -0.05) is 38.8 Å². The van der Waals surface area contributed by atoms with E-state index in [1.165, 1.54) is 16.2 Å². The first-order chi connectivity index (χ1) is 15.3. The first kappa shape index (κ1) is 23.9. The highest BCUT2D eigenvalue weighted by atomic mass is 32.1. The summed E-state index contributed by atoms with van der Waals surface area (Å²) in [5, 5.41) is 8.15. The van der Waals surface area contributed by atoms with Crippen molar-refractivity contribution in [2.24, 2.45) is 0 Å². The first-order valence-corrected chi connectivity index (χ1v) is 12.1. The largest absolute Gasteiger partial charge is 0.352 e. The Morgan fingerprint density at radius 3 is 2.38 bits per heavy atom. The molecule has 7 nitrogen and oxygen atoms in total. The molecule has 0 bridgehead atoms. The predicted octanol–water partition coefficient (Wildman–Crippen LogP) is 4.39. The van der Waals surface area contributed by atoms with Gasteiger partial charge in [0.15, 0.2) is 5.13 Å². The summed E-state index contributed by atoms with van der Waals surface area (Å²) in [6.07, 6.45) is 4.26. The van der Waals surface area contributed by atoms with Crippen LogP contribution in [0.2, 0.25) is 0 Å². The molecule has 1 heterocycles. The maximum Gasteiger partial charge on any atom is 0.240 e. The Morgan fingerprint density at radius 2 is 1.78 bits per heavy atom. The zero-order valence-electron chi connectivity index (χ0n) is 19.0. The van der Waals surface area contributed by atoms with Crippen molar-refractivity contribution in [3.05, 3.63) is 40.9 Å². The number of hydrogen-bond donors (Lipinski definition) is 2. The normalized spacial score (nSPS) is 13.9. The van der Waals surface area contributed by atoms with Crippen LogP contribution in [-0.4, -0.2) is 35.3 Å². The summed E-state index contributed by atoms with van der Waals surface area (Å²) in [6.45, 7) is 6.02. The monoisotopic (exact) mass is 456 g/mol. The van der Waals surface area contributed by atoms with Gasteiger partial charge in [0.1, 0.15) is 6.54 Å². The van der Waals surface area contributed by atoms with Crippen LogP contribution in [0.15, 0.2) is 29.6 Å². The van der Waals surface area contributed by atoms with Gasteiger partial charge in [-0.25, -0.2) is 4.98 Å². The minimum atomic E-state index is -0.266. The number of aryl methyl sites for hydroxylation is 1. The number of nitrogens with one attached hydrogen (secondary N) is 2. The molecule has 1 aromatic carbocycles. The molecule has 1 aliphatic rings. The van der Waals surface area contributed by atoms with Crippen molar-refractivity contribution >= 4 is 39.9 Å². The number of nitrogens with zero attached hydrogens (tertiary/aromatic N) is 2. The van der Waals surface area contributed by atoms with E-state index in [4.69, 9.17) is 0 Å². The van der Waals surface area contributed by atoms with E-state index in [-0.39, 0.29) is 43.1 Å². The molecule has 32 heavy (non-hydrogen) atoms. The second-order valence-corrected chi connectivity index (χ2v) is 9.48. The molecule has 2 aromatic rings. The third-order valence-electron chi connectivity index (χ3n) is 5.63. The van der Waals surface area contributed by atoms with Gasteiger partial charge < -0.3 is 15.5 Å². The summed E-state index contributed by atoms with van der Waals surface area (Å²) in [4.78, 5) is 43.7. The van der Waals surface area contributed by atoms with Gasteiger partial charge in [-0.15, -0.1) is 11.3 Å². The molecule has 2 N–H and O–H groups in total. The Morgan fingerprint density at radius 1 is 1.09 bits per heavy atom. The molecular formula is C24H32N4O3S. The van der Waals surface area contributed by atoms with Crippen LogP contribution in [-0.2, 0) is 14.4 Å². The van der Waals surface area contributed by atoms with Crippen LogP contribution in [0.25, 0.3) is 0 Å². The van der Waals surface area contributed by atoms with Crippen molar-refractivity contribution in [1.29, 1.82) is 0 Å². The van der Waals surface area contributed by atoms with E-state index in [1.807, 2.05) is 36.6 Å². The summed E-state index contributed by atoms with van der Waals surface area (Å²) in [6, 6.07) is 7.89. The van der Waals surface area contributed by atoms with E-state index in [9.17, 15) is 14.4 Å². The van der Waals surface area contributed by atoms with Gasteiger partial charge in [-0.05, 0) is 43.4 Å². The fourth-order valence-electron chi connectivity index (χ4n) is 3.80. The zero-order valence-corrected chi connectivity index (χ0v) is 19.8. The molecule has 0 saturated heterocycles. The van der Waals surface area contributed by atoms with Crippen molar-refractivity contribution in [1.82, 2.24) is 10.3 Å². The van der Waals surface area contributed by atoms with Gasteiger partial charge in [0.25, 0.3) is 0 Å². The second-order valence-electron chi connectivity index (χ2n) is 8.62. The number of anilines is 2. The number of aromatic nitrogens is 1. The van der Waals surface area contributed by atoms with Crippen molar-refractivity contribution in [3.8, 4) is 0 Å². The third kappa shape index (κ3) is 6.88. The molecule has 0 atom stereocenters. The zero-order chi connectivity index (χ0) is 23.1. The minimum absolute atomic E-state index is 0.0127. The minimum Gasteiger partial charge on any atom is -0.352 e. The highest BCUT2D eigenvalue weighted by molar-refractivity contribution is 7.13. The van der Waals surface area contributed by atoms with Crippen LogP contribution in [0, 0.1) is 6.92 Å². The van der Waals surface area contributed by atoms with E-state index < -0.39 is 0 Å². The molecule has 3 amide bonds. The smallest absolute Gasteiger partial charge is 0.240 e. The fourth-order valence-corrected chi connectivity index (χ4v) is 4.50. The van der Waals surface area contributed by atoms with Crippen LogP contribution >= 0.6 is 11.3 Å². The molecule has 0 radical (unpaired) electrons. The molecule has 0 aliphatic heterocycles. The fraction of sp³-hybridized carbons (Fsp3) is 0.500. The molecule has 8 heteroatoms. The Hall–Kier alpha value is -2.74. The van der Waals surface area contributed by atoms with Crippen molar-refractivity contribution in [2.75, 3.05) is 16.8 Å². The number of carbonyl (C=O) groups excluding carboxylic acids is 3. The lowest BCUT2D eigenvalue weighted by atomic mass is 10.0. The summed E-state index contributed by atoms with van der Waals surface area (Å²) >= 11 is 1.35. The van der Waals surface area contributed by atoms with Gasteiger partial charge in [0.05, 0.1) is 5.69 Å². The van der Waals surface area contributed by atoms with Crippen LogP contribution < -0.4 is 15.5 Å². The van der Waals surface area contributed by atoms with Crippen LogP contribution in [0.3, 0.4) is 0 Å². The molecule has 1 saturated carbocycles. The summed E-state index contributed by atoms with van der Waals surface area (Å²) in [5.41, 5.74) is 2.66. The summed E-state index contributed by atoms with van der Waals surface area (Å²) in [5.74, 6) is -0.314. The summed E-state index contributed by atoms with van der Waals surface area (Å²) in [7, 11) is 0. The SMILES string of the molecule is Cc1csc(NC(=O)CCC(=O)N(CC(=O)NC2CCCC2)c2ccc(C(C)C)cc2)n1. The molecule has 1 aliphatic carbocycles. The van der Waals surface area contributed by atoms with Gasteiger partial charge in [-0.2, -0.15) is 0 Å². The summed E-state index contributed by atoms with van der Waals surface area (Å²) < 4.78 is 0. The van der Waals surface area contributed by atoms with E-state index in [2.05, 4.69) is 29.5 Å². The number of rotatable bonds is 9.